The highest BCUT2D eigenvalue weighted by Gasteiger charge is 2.57. The van der Waals surface area contributed by atoms with Crippen molar-refractivity contribution in [2.24, 2.45) is 11.8 Å². The van der Waals surface area contributed by atoms with E-state index in [1.807, 2.05) is 31.2 Å². The molecule has 2 bridgehead atoms. The lowest BCUT2D eigenvalue weighted by molar-refractivity contribution is -0.167. The Kier molecular flexibility index (Phi) is 6.08. The SMILES string of the molecule is CCCOC(=O)[C@H]1C(C(=O)OCC[Si](C)(C)C)C2CC(=O)[C@H]1c1ccccc12. The van der Waals surface area contributed by atoms with Crippen LogP contribution in [0, 0.1) is 11.8 Å². The van der Waals surface area contributed by atoms with Crippen molar-refractivity contribution in [2.45, 2.75) is 57.3 Å². The van der Waals surface area contributed by atoms with Gasteiger partial charge < -0.3 is 9.47 Å². The van der Waals surface area contributed by atoms with Gasteiger partial charge in [-0.3, -0.25) is 14.4 Å². The first-order chi connectivity index (χ1) is 13.2. The van der Waals surface area contributed by atoms with Gasteiger partial charge in [0.2, 0.25) is 0 Å². The van der Waals surface area contributed by atoms with Crippen molar-refractivity contribution in [3.63, 3.8) is 0 Å². The molecule has 1 saturated carbocycles. The van der Waals surface area contributed by atoms with Crippen molar-refractivity contribution < 1.29 is 23.9 Å². The monoisotopic (exact) mass is 402 g/mol. The number of esters is 2. The molecule has 6 heteroatoms. The van der Waals surface area contributed by atoms with E-state index >= 15 is 0 Å². The van der Waals surface area contributed by atoms with E-state index in [1.165, 1.54) is 0 Å². The molecule has 28 heavy (non-hydrogen) atoms. The van der Waals surface area contributed by atoms with Crippen molar-refractivity contribution in [2.75, 3.05) is 13.2 Å². The number of ketones is 1. The third-order valence-electron chi connectivity index (χ3n) is 5.77. The molecule has 1 aromatic rings. The average Bonchev–Trinajstić information content (AvgIpc) is 2.64. The highest BCUT2D eigenvalue weighted by molar-refractivity contribution is 6.76. The van der Waals surface area contributed by atoms with E-state index in [4.69, 9.17) is 9.47 Å². The molecule has 5 nitrogen and oxygen atoms in total. The van der Waals surface area contributed by atoms with Crippen LogP contribution < -0.4 is 0 Å². The molecule has 0 amide bonds. The van der Waals surface area contributed by atoms with Crippen LogP contribution in [0.4, 0.5) is 0 Å². The summed E-state index contributed by atoms with van der Waals surface area (Å²) in [6.07, 6.45) is 0.982. The van der Waals surface area contributed by atoms with Crippen molar-refractivity contribution >= 4 is 25.8 Å². The number of hydrogen-bond acceptors (Lipinski definition) is 5. The second kappa shape index (κ2) is 8.19. The van der Waals surface area contributed by atoms with Crippen molar-refractivity contribution in [1.29, 1.82) is 0 Å². The molecule has 152 valence electrons. The molecule has 0 saturated heterocycles. The summed E-state index contributed by atoms with van der Waals surface area (Å²) in [5.74, 6) is -3.16. The van der Waals surface area contributed by atoms with E-state index in [-0.39, 0.29) is 24.1 Å². The maximum atomic E-state index is 13.1. The quantitative estimate of drug-likeness (QED) is 0.511. The fourth-order valence-electron chi connectivity index (χ4n) is 4.38. The Morgan fingerprint density at radius 2 is 1.61 bits per heavy atom. The number of carbonyl (C=O) groups excluding carboxylic acids is 3. The van der Waals surface area contributed by atoms with Crippen molar-refractivity contribution in [3.8, 4) is 0 Å². The Morgan fingerprint density at radius 3 is 2.25 bits per heavy atom. The number of carbonyl (C=O) groups is 3. The maximum Gasteiger partial charge on any atom is 0.310 e. The minimum Gasteiger partial charge on any atom is -0.466 e. The van der Waals surface area contributed by atoms with Gasteiger partial charge in [0.05, 0.1) is 31.0 Å². The zero-order valence-electron chi connectivity index (χ0n) is 17.2. The van der Waals surface area contributed by atoms with Gasteiger partial charge in [-0.2, -0.15) is 0 Å². The molecular formula is C22H30O5Si. The van der Waals surface area contributed by atoms with Gasteiger partial charge in [0.25, 0.3) is 0 Å². The number of fused-ring (bicyclic) bond motifs is 2. The van der Waals surface area contributed by atoms with E-state index in [1.54, 1.807) is 0 Å². The minimum absolute atomic E-state index is 0.0216. The van der Waals surface area contributed by atoms with Gasteiger partial charge >= 0.3 is 11.9 Å². The van der Waals surface area contributed by atoms with Gasteiger partial charge in [-0.1, -0.05) is 50.8 Å². The summed E-state index contributed by atoms with van der Waals surface area (Å²) >= 11 is 0. The second-order valence-electron chi connectivity index (χ2n) is 9.08. The Hall–Kier alpha value is -1.95. The first kappa shape index (κ1) is 20.8. The lowest BCUT2D eigenvalue weighted by Gasteiger charge is -2.46. The molecule has 0 spiro atoms. The molecule has 1 aromatic carbocycles. The first-order valence-electron chi connectivity index (χ1n) is 10.2. The molecule has 3 aliphatic carbocycles. The predicted molar refractivity (Wildman–Crippen MR) is 109 cm³/mol. The molecule has 0 heterocycles. The third-order valence-corrected chi connectivity index (χ3v) is 7.47. The average molecular weight is 403 g/mol. The van der Waals surface area contributed by atoms with E-state index < -0.39 is 31.8 Å². The summed E-state index contributed by atoms with van der Waals surface area (Å²) in [5, 5.41) is 0. The largest absolute Gasteiger partial charge is 0.466 e. The lowest BCUT2D eigenvalue weighted by Crippen LogP contribution is -2.50. The normalized spacial score (nSPS) is 25.9. The van der Waals surface area contributed by atoms with Gasteiger partial charge in [0.1, 0.15) is 5.78 Å². The van der Waals surface area contributed by atoms with Crippen LogP contribution in [-0.2, 0) is 23.9 Å². The summed E-state index contributed by atoms with van der Waals surface area (Å²) in [7, 11) is -1.34. The predicted octanol–water partition coefficient (Wildman–Crippen LogP) is 3.91. The first-order valence-corrected chi connectivity index (χ1v) is 13.9. The van der Waals surface area contributed by atoms with Gasteiger partial charge in [0.15, 0.2) is 0 Å². The topological polar surface area (TPSA) is 69.7 Å². The molecule has 3 aliphatic rings. The van der Waals surface area contributed by atoms with Crippen LogP contribution in [0.25, 0.3) is 0 Å². The van der Waals surface area contributed by atoms with Crippen LogP contribution in [0.1, 0.15) is 42.7 Å². The Labute approximate surface area is 167 Å². The number of ether oxygens (including phenoxy) is 2. The third kappa shape index (κ3) is 4.07. The van der Waals surface area contributed by atoms with Gasteiger partial charge in [-0.15, -0.1) is 0 Å². The lowest BCUT2D eigenvalue weighted by atomic mass is 9.55. The molecule has 0 N–H and O–H groups in total. The van der Waals surface area contributed by atoms with Gasteiger partial charge in [-0.25, -0.2) is 0 Å². The van der Waals surface area contributed by atoms with E-state index in [9.17, 15) is 14.4 Å². The zero-order chi connectivity index (χ0) is 20.5. The molecule has 4 atom stereocenters. The minimum atomic E-state index is -1.34. The van der Waals surface area contributed by atoms with Crippen LogP contribution in [0.2, 0.25) is 25.7 Å². The standard InChI is InChI=1S/C22H30O5Si/c1-5-10-26-22(25)20-18-15-9-7-6-8-14(15)16(13-17(18)23)19(20)21(24)27-11-12-28(2,3)4/h6-9,16,18-20H,5,10-13H2,1-4H3/t16?,18-,19?,20-/m1/s1. The number of benzene rings is 1. The summed E-state index contributed by atoms with van der Waals surface area (Å²) in [6.45, 7) is 9.26. The Balaban J connectivity index is 1.91. The van der Waals surface area contributed by atoms with Crippen LogP contribution in [-0.4, -0.2) is 39.0 Å². The summed E-state index contributed by atoms with van der Waals surface area (Å²) in [5.41, 5.74) is 1.87. The van der Waals surface area contributed by atoms with Crippen molar-refractivity contribution in [1.82, 2.24) is 0 Å². The van der Waals surface area contributed by atoms with Crippen molar-refractivity contribution in [3.05, 3.63) is 35.4 Å². The molecular weight excluding hydrogens is 372 g/mol. The fraction of sp³-hybridized carbons (Fsp3) is 0.591. The molecule has 2 unspecified atom stereocenters. The highest BCUT2D eigenvalue weighted by atomic mass is 28.3. The molecule has 0 aliphatic heterocycles. The summed E-state index contributed by atoms with van der Waals surface area (Å²) in [4.78, 5) is 38.7. The van der Waals surface area contributed by atoms with Gasteiger partial charge in [0, 0.05) is 20.4 Å². The number of hydrogen-bond donors (Lipinski definition) is 0. The van der Waals surface area contributed by atoms with Crippen LogP contribution >= 0.6 is 0 Å². The molecule has 1 fully saturated rings. The second-order valence-corrected chi connectivity index (χ2v) is 14.7. The maximum absolute atomic E-state index is 13.1. The highest BCUT2D eigenvalue weighted by Crippen LogP contribution is 2.54. The zero-order valence-corrected chi connectivity index (χ0v) is 18.2. The van der Waals surface area contributed by atoms with Crippen LogP contribution in [0.5, 0.6) is 0 Å². The van der Waals surface area contributed by atoms with E-state index in [0.29, 0.717) is 19.6 Å². The molecule has 4 rings (SSSR count). The Morgan fingerprint density at radius 1 is 1.00 bits per heavy atom. The smallest absolute Gasteiger partial charge is 0.310 e. The fourth-order valence-corrected chi connectivity index (χ4v) is 5.09. The summed E-state index contributed by atoms with van der Waals surface area (Å²) < 4.78 is 11.0. The van der Waals surface area contributed by atoms with Crippen LogP contribution in [0.15, 0.2) is 24.3 Å². The Bertz CT molecular complexity index is 766. The van der Waals surface area contributed by atoms with E-state index in [2.05, 4.69) is 19.6 Å². The number of Topliss-reactive ketones (excluding diaryl/α,β-unsaturated/α-hetero) is 1. The molecule has 0 radical (unpaired) electrons. The van der Waals surface area contributed by atoms with Gasteiger partial charge in [-0.05, 0) is 23.6 Å². The number of rotatable bonds is 7. The van der Waals surface area contributed by atoms with Crippen LogP contribution in [0.3, 0.4) is 0 Å². The summed E-state index contributed by atoms with van der Waals surface area (Å²) in [6, 6.07) is 8.54. The molecule has 0 aromatic heterocycles. The van der Waals surface area contributed by atoms with E-state index in [0.717, 1.165) is 17.2 Å².